The van der Waals surface area contributed by atoms with Gasteiger partial charge in [0.25, 0.3) is 0 Å². The summed E-state index contributed by atoms with van der Waals surface area (Å²) in [5.41, 5.74) is 6.62. The predicted octanol–water partition coefficient (Wildman–Crippen LogP) is 1.88. The summed E-state index contributed by atoms with van der Waals surface area (Å²) in [6, 6.07) is 3.65. The molecule has 0 unspecified atom stereocenters. The van der Waals surface area contributed by atoms with Gasteiger partial charge < -0.3 is 15.7 Å². The van der Waals surface area contributed by atoms with Gasteiger partial charge in [0.2, 0.25) is 0 Å². The number of hydrogen-bond acceptors (Lipinski definition) is 4. The number of aromatic nitrogens is 1. The lowest BCUT2D eigenvalue weighted by molar-refractivity contribution is -0.0317. The second-order valence-electron chi connectivity index (χ2n) is 4.40. The van der Waals surface area contributed by atoms with E-state index >= 15 is 0 Å². The first-order valence-electron chi connectivity index (χ1n) is 5.56. The van der Waals surface area contributed by atoms with Crippen molar-refractivity contribution >= 4 is 5.84 Å². The van der Waals surface area contributed by atoms with Crippen LogP contribution in [0.25, 0.3) is 0 Å². The maximum Gasteiger partial charge on any atom is 0.189 e. The van der Waals surface area contributed by atoms with Gasteiger partial charge >= 0.3 is 0 Å². The zero-order chi connectivity index (χ0) is 12.9. The molecular formula is C12H19N3O2. The molecule has 0 radical (unpaired) electrons. The average molecular weight is 237 g/mol. The highest BCUT2D eigenvalue weighted by atomic mass is 16.5. The molecule has 5 heteroatoms. The molecule has 3 N–H and O–H groups in total. The summed E-state index contributed by atoms with van der Waals surface area (Å²) in [7, 11) is 0. The Hall–Kier alpha value is -1.62. The summed E-state index contributed by atoms with van der Waals surface area (Å²) in [6.45, 7) is 6.49. The summed E-state index contributed by atoms with van der Waals surface area (Å²) < 4.78 is 5.77. The zero-order valence-electron chi connectivity index (χ0n) is 10.5. The number of ether oxygens (including phenoxy) is 1. The lowest BCUT2D eigenvalue weighted by atomic mass is 10.1. The molecule has 0 aliphatic carbocycles. The zero-order valence-corrected chi connectivity index (χ0v) is 10.5. The summed E-state index contributed by atoms with van der Waals surface area (Å²) >= 11 is 0. The van der Waals surface area contributed by atoms with Gasteiger partial charge in [0.05, 0.1) is 12.2 Å². The highest BCUT2D eigenvalue weighted by molar-refractivity contribution is 5.96. The summed E-state index contributed by atoms with van der Waals surface area (Å²) in [4.78, 5) is 4.08. The molecule has 0 spiro atoms. The number of nitrogens with zero attached hydrogens (tertiary/aromatic N) is 2. The molecule has 0 aromatic carbocycles. The topological polar surface area (TPSA) is 80.7 Å². The van der Waals surface area contributed by atoms with Gasteiger partial charge in [0.1, 0.15) is 5.69 Å². The van der Waals surface area contributed by atoms with E-state index in [1.807, 2.05) is 19.9 Å². The van der Waals surface area contributed by atoms with E-state index in [9.17, 15) is 0 Å². The van der Waals surface area contributed by atoms with Gasteiger partial charge in [-0.25, -0.2) is 0 Å². The van der Waals surface area contributed by atoms with Crippen LogP contribution in [0.4, 0.5) is 0 Å². The smallest absolute Gasteiger partial charge is 0.189 e. The first-order chi connectivity index (χ1) is 8.00. The third kappa shape index (κ3) is 3.71. The van der Waals surface area contributed by atoms with Crippen LogP contribution in [0.2, 0.25) is 0 Å². The van der Waals surface area contributed by atoms with Crippen molar-refractivity contribution in [2.24, 2.45) is 10.9 Å². The van der Waals surface area contributed by atoms with Crippen molar-refractivity contribution in [1.82, 2.24) is 4.98 Å². The maximum absolute atomic E-state index is 8.67. The average Bonchev–Trinajstić information content (AvgIpc) is 2.36. The fourth-order valence-electron chi connectivity index (χ4n) is 1.21. The first kappa shape index (κ1) is 13.4. The van der Waals surface area contributed by atoms with Crippen LogP contribution < -0.4 is 5.73 Å². The van der Waals surface area contributed by atoms with Gasteiger partial charge in [-0.15, -0.1) is 0 Å². The van der Waals surface area contributed by atoms with E-state index < -0.39 is 0 Å². The van der Waals surface area contributed by atoms with Gasteiger partial charge in [-0.05, 0) is 26.3 Å². The summed E-state index contributed by atoms with van der Waals surface area (Å²) in [5, 5.41) is 11.6. The van der Waals surface area contributed by atoms with Gasteiger partial charge in [-0.1, -0.05) is 18.1 Å². The normalized spacial score (nSPS) is 12.8. The monoisotopic (exact) mass is 237 g/mol. The predicted molar refractivity (Wildman–Crippen MR) is 65.9 cm³/mol. The fourth-order valence-corrected chi connectivity index (χ4v) is 1.21. The van der Waals surface area contributed by atoms with Crippen LogP contribution in [0.15, 0.2) is 23.5 Å². The number of nitrogens with two attached hydrogens (primary N) is 1. The lowest BCUT2D eigenvalue weighted by Crippen LogP contribution is -2.24. The van der Waals surface area contributed by atoms with Crippen LogP contribution in [-0.4, -0.2) is 21.6 Å². The largest absolute Gasteiger partial charge is 0.409 e. The molecule has 0 saturated heterocycles. The number of amidine groups is 1. The van der Waals surface area contributed by atoms with Gasteiger partial charge in [0.15, 0.2) is 5.84 Å². The van der Waals surface area contributed by atoms with Crippen molar-refractivity contribution in [3.8, 4) is 0 Å². The first-order valence-corrected chi connectivity index (χ1v) is 5.56. The Labute approximate surface area is 101 Å². The van der Waals surface area contributed by atoms with Crippen LogP contribution in [0.1, 0.15) is 38.4 Å². The number of oxime groups is 1. The van der Waals surface area contributed by atoms with Crippen LogP contribution >= 0.6 is 0 Å². The van der Waals surface area contributed by atoms with Gasteiger partial charge in [0, 0.05) is 11.8 Å². The minimum atomic E-state index is -0.196. The molecule has 1 aromatic heterocycles. The number of rotatable bonds is 5. The molecular weight excluding hydrogens is 218 g/mol. The van der Waals surface area contributed by atoms with Crippen LogP contribution in [-0.2, 0) is 11.3 Å². The minimum absolute atomic E-state index is 0.00138. The Bertz CT molecular complexity index is 402. The SMILES string of the molecule is CCC(C)(C)OCc1cccnc1C(N)=NO. The number of hydrogen-bond donors (Lipinski definition) is 2. The highest BCUT2D eigenvalue weighted by Crippen LogP contribution is 2.17. The van der Waals surface area contributed by atoms with Crippen molar-refractivity contribution < 1.29 is 9.94 Å². The van der Waals surface area contributed by atoms with Crippen LogP contribution in [0.3, 0.4) is 0 Å². The van der Waals surface area contributed by atoms with Crippen LogP contribution in [0.5, 0.6) is 0 Å². The summed E-state index contributed by atoms with van der Waals surface area (Å²) in [6.07, 6.45) is 2.51. The van der Waals surface area contributed by atoms with E-state index in [1.54, 1.807) is 12.3 Å². The Morgan fingerprint density at radius 2 is 2.29 bits per heavy atom. The van der Waals surface area contributed by atoms with E-state index in [-0.39, 0.29) is 11.4 Å². The van der Waals surface area contributed by atoms with Crippen LogP contribution in [0, 0.1) is 0 Å². The Kier molecular flexibility index (Phi) is 4.45. The van der Waals surface area contributed by atoms with E-state index in [4.69, 9.17) is 15.7 Å². The van der Waals surface area contributed by atoms with Crippen molar-refractivity contribution in [2.45, 2.75) is 39.4 Å². The van der Waals surface area contributed by atoms with Crippen molar-refractivity contribution in [3.05, 3.63) is 29.6 Å². The Morgan fingerprint density at radius 3 is 2.88 bits per heavy atom. The molecule has 17 heavy (non-hydrogen) atoms. The second-order valence-corrected chi connectivity index (χ2v) is 4.40. The van der Waals surface area contributed by atoms with Gasteiger partial charge in [-0.3, -0.25) is 4.98 Å². The minimum Gasteiger partial charge on any atom is -0.409 e. The lowest BCUT2D eigenvalue weighted by Gasteiger charge is -2.23. The molecule has 0 atom stereocenters. The molecule has 5 nitrogen and oxygen atoms in total. The Morgan fingerprint density at radius 1 is 1.59 bits per heavy atom. The highest BCUT2D eigenvalue weighted by Gasteiger charge is 2.17. The fraction of sp³-hybridized carbons (Fsp3) is 0.500. The molecule has 0 aliphatic heterocycles. The second kappa shape index (κ2) is 5.63. The Balaban J connectivity index is 2.85. The molecule has 0 bridgehead atoms. The van der Waals surface area contributed by atoms with Gasteiger partial charge in [-0.2, -0.15) is 0 Å². The third-order valence-electron chi connectivity index (χ3n) is 2.71. The molecule has 1 rings (SSSR count). The van der Waals surface area contributed by atoms with E-state index in [1.165, 1.54) is 0 Å². The maximum atomic E-state index is 8.67. The molecule has 1 heterocycles. The standard InChI is InChI=1S/C12H19N3O2/c1-4-12(2,3)17-8-9-6-5-7-14-10(9)11(13)15-16/h5-7,16H,4,8H2,1-3H3,(H2,13,15). The quantitative estimate of drug-likeness (QED) is 0.354. The summed E-state index contributed by atoms with van der Waals surface area (Å²) in [5.74, 6) is -0.00138. The molecule has 1 aromatic rings. The van der Waals surface area contributed by atoms with E-state index in [2.05, 4.69) is 17.1 Å². The van der Waals surface area contributed by atoms with E-state index in [0.717, 1.165) is 12.0 Å². The molecule has 0 fully saturated rings. The molecule has 0 aliphatic rings. The van der Waals surface area contributed by atoms with E-state index in [0.29, 0.717) is 12.3 Å². The molecule has 0 amide bonds. The number of pyridine rings is 1. The molecule has 94 valence electrons. The third-order valence-corrected chi connectivity index (χ3v) is 2.71. The van der Waals surface area contributed by atoms with Crippen molar-refractivity contribution in [1.29, 1.82) is 0 Å². The van der Waals surface area contributed by atoms with Crippen molar-refractivity contribution in [2.75, 3.05) is 0 Å². The van der Waals surface area contributed by atoms with Crippen molar-refractivity contribution in [3.63, 3.8) is 0 Å². The molecule has 0 saturated carbocycles.